The Kier molecular flexibility index (Phi) is 5.56. The Balaban J connectivity index is 2.06. The summed E-state index contributed by atoms with van der Waals surface area (Å²) in [7, 11) is 0. The molecule has 1 amide bonds. The van der Waals surface area contributed by atoms with Gasteiger partial charge in [0.15, 0.2) is 6.10 Å². The molecule has 0 aliphatic rings. The van der Waals surface area contributed by atoms with Gasteiger partial charge in [0, 0.05) is 5.02 Å². The van der Waals surface area contributed by atoms with Crippen LogP contribution in [0.25, 0.3) is 0 Å². The molecule has 2 aromatic rings. The zero-order valence-electron chi connectivity index (χ0n) is 13.4. The Labute approximate surface area is 142 Å². The third-order valence-electron chi connectivity index (χ3n) is 3.31. The van der Waals surface area contributed by atoms with E-state index >= 15 is 0 Å². The van der Waals surface area contributed by atoms with Crippen LogP contribution in [0.15, 0.2) is 22.7 Å². The molecule has 1 aromatic carbocycles. The van der Waals surface area contributed by atoms with Crippen LogP contribution in [0.1, 0.15) is 35.7 Å². The molecule has 0 fully saturated rings. The number of esters is 1. The zero-order chi connectivity index (χ0) is 17.9. The summed E-state index contributed by atoms with van der Waals surface area (Å²) >= 11 is 5.65. The van der Waals surface area contributed by atoms with Crippen molar-refractivity contribution in [3.05, 3.63) is 46.1 Å². The second kappa shape index (κ2) is 7.44. The van der Waals surface area contributed by atoms with Crippen molar-refractivity contribution in [2.75, 3.05) is 5.32 Å². The molecule has 0 unspecified atom stereocenters. The molecule has 0 aliphatic carbocycles. The summed E-state index contributed by atoms with van der Waals surface area (Å²) in [5.41, 5.74) is 0.603. The lowest BCUT2D eigenvalue weighted by Crippen LogP contribution is -2.30. The van der Waals surface area contributed by atoms with Crippen molar-refractivity contribution in [3.63, 3.8) is 0 Å². The molecule has 0 spiro atoms. The van der Waals surface area contributed by atoms with E-state index in [1.165, 1.54) is 19.1 Å². The van der Waals surface area contributed by atoms with Gasteiger partial charge in [0.05, 0.1) is 11.4 Å². The quantitative estimate of drug-likeness (QED) is 0.831. The Morgan fingerprint density at radius 3 is 2.79 bits per heavy atom. The second-order valence-corrected chi connectivity index (χ2v) is 5.51. The van der Waals surface area contributed by atoms with Crippen molar-refractivity contribution in [2.45, 2.75) is 33.3 Å². The number of aryl methyl sites for hydroxylation is 2. The molecule has 1 aromatic heterocycles. The molecule has 0 saturated heterocycles. The summed E-state index contributed by atoms with van der Waals surface area (Å²) in [5.74, 6) is -1.76. The van der Waals surface area contributed by atoms with Crippen LogP contribution in [0.5, 0.6) is 0 Å². The molecule has 1 N–H and O–H groups in total. The predicted octanol–water partition coefficient (Wildman–Crippen LogP) is 3.52. The molecule has 1 atom stereocenters. The first kappa shape index (κ1) is 17.9. The Morgan fingerprint density at radius 1 is 1.46 bits per heavy atom. The van der Waals surface area contributed by atoms with Crippen molar-refractivity contribution >= 4 is 29.2 Å². The molecule has 0 aliphatic heterocycles. The van der Waals surface area contributed by atoms with E-state index in [4.69, 9.17) is 20.9 Å². The molecular formula is C16H16ClFN2O4. The minimum absolute atomic E-state index is 0.0531. The van der Waals surface area contributed by atoms with E-state index in [-0.39, 0.29) is 16.3 Å². The molecule has 6 nitrogen and oxygen atoms in total. The van der Waals surface area contributed by atoms with Gasteiger partial charge in [0.2, 0.25) is 0 Å². The van der Waals surface area contributed by atoms with E-state index in [9.17, 15) is 14.0 Å². The van der Waals surface area contributed by atoms with Crippen LogP contribution >= 0.6 is 11.6 Å². The molecule has 0 radical (unpaired) electrons. The van der Waals surface area contributed by atoms with E-state index in [1.807, 2.05) is 6.92 Å². The van der Waals surface area contributed by atoms with Gasteiger partial charge < -0.3 is 14.6 Å². The van der Waals surface area contributed by atoms with Gasteiger partial charge in [-0.3, -0.25) is 4.79 Å². The maximum atomic E-state index is 13.7. The minimum Gasteiger partial charge on any atom is -0.449 e. The number of nitrogens with zero attached hydrogens (tertiary/aromatic N) is 1. The molecule has 2 rings (SSSR count). The SMILES string of the molecule is CCc1noc(C)c1C(=O)O[C@H](C)C(=O)Nc1ccc(Cl)cc1F. The van der Waals surface area contributed by atoms with Crippen molar-refractivity contribution < 1.29 is 23.2 Å². The topological polar surface area (TPSA) is 81.4 Å². The number of hydrogen-bond donors (Lipinski definition) is 1. The standard InChI is InChI=1S/C16H16ClFN2O4/c1-4-12-14(8(2)24-20-12)16(22)23-9(3)15(21)19-13-6-5-10(17)7-11(13)18/h5-7,9H,4H2,1-3H3,(H,19,21)/t9-/m1/s1. The van der Waals surface area contributed by atoms with Gasteiger partial charge in [-0.1, -0.05) is 23.7 Å². The maximum Gasteiger partial charge on any atom is 0.344 e. The van der Waals surface area contributed by atoms with Crippen LogP contribution in [0.2, 0.25) is 5.02 Å². The molecule has 128 valence electrons. The number of hydrogen-bond acceptors (Lipinski definition) is 5. The summed E-state index contributed by atoms with van der Waals surface area (Å²) < 4.78 is 23.8. The molecule has 8 heteroatoms. The lowest BCUT2D eigenvalue weighted by molar-refractivity contribution is -0.123. The van der Waals surface area contributed by atoms with Crippen LogP contribution in [-0.4, -0.2) is 23.1 Å². The maximum absolute atomic E-state index is 13.7. The number of ether oxygens (including phenoxy) is 1. The highest BCUT2D eigenvalue weighted by Crippen LogP contribution is 2.20. The molecule has 0 saturated carbocycles. The third kappa shape index (κ3) is 3.91. The van der Waals surface area contributed by atoms with Crippen LogP contribution in [0.3, 0.4) is 0 Å². The lowest BCUT2D eigenvalue weighted by Gasteiger charge is -2.14. The first-order valence-corrected chi connectivity index (χ1v) is 7.63. The lowest BCUT2D eigenvalue weighted by atomic mass is 10.1. The molecular weight excluding hydrogens is 339 g/mol. The van der Waals surface area contributed by atoms with Crippen molar-refractivity contribution in [1.29, 1.82) is 0 Å². The van der Waals surface area contributed by atoms with Crippen LogP contribution in [0.4, 0.5) is 10.1 Å². The van der Waals surface area contributed by atoms with Crippen LogP contribution < -0.4 is 5.32 Å². The van der Waals surface area contributed by atoms with Gasteiger partial charge in [-0.15, -0.1) is 0 Å². The Bertz CT molecular complexity index is 775. The van der Waals surface area contributed by atoms with Crippen molar-refractivity contribution in [1.82, 2.24) is 5.16 Å². The number of halogens is 2. The average molecular weight is 355 g/mol. The number of benzene rings is 1. The smallest absolute Gasteiger partial charge is 0.344 e. The molecule has 1 heterocycles. The van der Waals surface area contributed by atoms with E-state index in [0.717, 1.165) is 6.07 Å². The minimum atomic E-state index is -1.13. The second-order valence-electron chi connectivity index (χ2n) is 5.07. The summed E-state index contributed by atoms with van der Waals surface area (Å²) in [6.45, 7) is 4.78. The fourth-order valence-corrected chi connectivity index (χ4v) is 2.18. The first-order valence-electron chi connectivity index (χ1n) is 7.25. The molecule has 0 bridgehead atoms. The third-order valence-corrected chi connectivity index (χ3v) is 3.55. The average Bonchev–Trinajstić information content (AvgIpc) is 2.90. The highest BCUT2D eigenvalue weighted by Gasteiger charge is 2.25. The Morgan fingerprint density at radius 2 is 2.17 bits per heavy atom. The fourth-order valence-electron chi connectivity index (χ4n) is 2.02. The van der Waals surface area contributed by atoms with Gasteiger partial charge in [0.1, 0.15) is 17.1 Å². The van der Waals surface area contributed by atoms with E-state index < -0.39 is 23.8 Å². The number of carbonyl (C=O) groups is 2. The summed E-state index contributed by atoms with van der Waals surface area (Å²) in [6, 6.07) is 3.83. The van der Waals surface area contributed by atoms with Gasteiger partial charge in [0.25, 0.3) is 5.91 Å². The predicted molar refractivity (Wildman–Crippen MR) is 85.5 cm³/mol. The Hall–Kier alpha value is -2.41. The highest BCUT2D eigenvalue weighted by molar-refractivity contribution is 6.30. The normalized spacial score (nSPS) is 11.9. The van der Waals surface area contributed by atoms with Crippen molar-refractivity contribution in [2.24, 2.45) is 0 Å². The van der Waals surface area contributed by atoms with E-state index in [0.29, 0.717) is 17.9 Å². The zero-order valence-corrected chi connectivity index (χ0v) is 14.1. The van der Waals surface area contributed by atoms with Crippen LogP contribution in [-0.2, 0) is 16.0 Å². The van der Waals surface area contributed by atoms with E-state index in [1.54, 1.807) is 6.92 Å². The number of amides is 1. The largest absolute Gasteiger partial charge is 0.449 e. The number of rotatable bonds is 5. The number of carbonyl (C=O) groups excluding carboxylic acids is 2. The summed E-state index contributed by atoms with van der Waals surface area (Å²) in [5, 5.41) is 6.31. The monoisotopic (exact) mass is 354 g/mol. The van der Waals surface area contributed by atoms with Gasteiger partial charge >= 0.3 is 5.97 Å². The van der Waals surface area contributed by atoms with Gasteiger partial charge in [-0.25, -0.2) is 9.18 Å². The van der Waals surface area contributed by atoms with Crippen molar-refractivity contribution in [3.8, 4) is 0 Å². The summed E-state index contributed by atoms with van der Waals surface area (Å²) in [4.78, 5) is 24.3. The van der Waals surface area contributed by atoms with Gasteiger partial charge in [-0.2, -0.15) is 0 Å². The number of anilines is 1. The first-order chi connectivity index (χ1) is 11.3. The van der Waals surface area contributed by atoms with E-state index in [2.05, 4.69) is 10.5 Å². The summed E-state index contributed by atoms with van der Waals surface area (Å²) in [6.07, 6.45) is -0.648. The highest BCUT2D eigenvalue weighted by atomic mass is 35.5. The van der Waals surface area contributed by atoms with Gasteiger partial charge in [-0.05, 0) is 38.5 Å². The van der Waals surface area contributed by atoms with Crippen LogP contribution in [0, 0.1) is 12.7 Å². The number of nitrogens with one attached hydrogen (secondary N) is 1. The molecule has 24 heavy (non-hydrogen) atoms. The fraction of sp³-hybridized carbons (Fsp3) is 0.312. The number of aromatic nitrogens is 1.